The van der Waals surface area contributed by atoms with Crippen LogP contribution in [0.5, 0.6) is 0 Å². The maximum Gasteiger partial charge on any atom is 0.355 e. The number of rotatable bonds is 4. The fraction of sp³-hybridized carbons (Fsp3) is 0.300. The summed E-state index contributed by atoms with van der Waals surface area (Å²) in [7, 11) is 0. The minimum atomic E-state index is -1.00. The number of ketones is 1. The van der Waals surface area contributed by atoms with Crippen molar-refractivity contribution >= 4 is 17.7 Å². The Bertz CT molecular complexity index is 436. The second kappa shape index (κ2) is 4.61. The van der Waals surface area contributed by atoms with Gasteiger partial charge in [0.25, 0.3) is 5.91 Å². The van der Waals surface area contributed by atoms with E-state index in [4.69, 9.17) is 10.5 Å². The summed E-state index contributed by atoms with van der Waals surface area (Å²) in [6.45, 7) is 2.75. The van der Waals surface area contributed by atoms with Gasteiger partial charge in [-0.25, -0.2) is 4.79 Å². The average Bonchev–Trinajstić information content (AvgIpc) is 2.65. The van der Waals surface area contributed by atoms with Gasteiger partial charge >= 0.3 is 5.97 Å². The number of carbonyl (C=O) groups is 3. The summed E-state index contributed by atoms with van der Waals surface area (Å²) in [6.07, 6.45) is 0.394. The molecule has 0 radical (unpaired) electrons. The molecule has 1 rings (SSSR count). The number of esters is 1. The molecule has 1 aromatic rings. The van der Waals surface area contributed by atoms with Gasteiger partial charge in [-0.3, -0.25) is 9.59 Å². The Morgan fingerprint density at radius 2 is 2.06 bits per heavy atom. The second-order valence-electron chi connectivity index (χ2n) is 3.31. The van der Waals surface area contributed by atoms with Crippen molar-refractivity contribution in [3.63, 3.8) is 0 Å². The molecule has 6 nitrogen and oxygen atoms in total. The van der Waals surface area contributed by atoms with Gasteiger partial charge in [-0.2, -0.15) is 0 Å². The Morgan fingerprint density at radius 1 is 1.44 bits per heavy atom. The van der Waals surface area contributed by atoms with Gasteiger partial charge in [0, 0.05) is 11.8 Å². The van der Waals surface area contributed by atoms with Crippen molar-refractivity contribution in [1.29, 1.82) is 0 Å². The van der Waals surface area contributed by atoms with Gasteiger partial charge in [0.2, 0.25) is 0 Å². The molecule has 3 N–H and O–H groups in total. The molecule has 1 unspecified atom stereocenters. The lowest BCUT2D eigenvalue weighted by Crippen LogP contribution is -2.30. The number of carbonyl (C=O) groups excluding carboxylic acids is 3. The smallest absolute Gasteiger partial charge is 0.355 e. The molecule has 0 aliphatic carbocycles. The largest absolute Gasteiger partial charge is 0.448 e. The first-order chi connectivity index (χ1) is 7.41. The maximum atomic E-state index is 11.4. The number of ether oxygens (including phenoxy) is 1. The second-order valence-corrected chi connectivity index (χ2v) is 3.31. The van der Waals surface area contributed by atoms with E-state index in [9.17, 15) is 14.4 Å². The van der Waals surface area contributed by atoms with Crippen LogP contribution in [0.2, 0.25) is 0 Å². The molecule has 1 heterocycles. The zero-order chi connectivity index (χ0) is 12.3. The van der Waals surface area contributed by atoms with E-state index in [1.54, 1.807) is 0 Å². The summed E-state index contributed by atoms with van der Waals surface area (Å²) in [5, 5.41) is 0. The molecule has 6 heteroatoms. The molecular formula is C10H12N2O4. The number of hydrogen-bond acceptors (Lipinski definition) is 4. The van der Waals surface area contributed by atoms with Gasteiger partial charge in [0.1, 0.15) is 5.69 Å². The highest BCUT2D eigenvalue weighted by molar-refractivity contribution is 5.97. The number of aromatic nitrogens is 1. The Hall–Kier alpha value is -2.11. The molecule has 0 bridgehead atoms. The summed E-state index contributed by atoms with van der Waals surface area (Å²) >= 11 is 0. The summed E-state index contributed by atoms with van der Waals surface area (Å²) in [4.78, 5) is 35.6. The molecule has 0 spiro atoms. The van der Waals surface area contributed by atoms with Crippen molar-refractivity contribution in [1.82, 2.24) is 4.98 Å². The third kappa shape index (κ3) is 2.69. The number of nitrogens with one attached hydrogen (secondary N) is 1. The number of Topliss-reactive ketones (excluding diaryl/α,β-unsaturated/α-hetero) is 1. The third-order valence-electron chi connectivity index (χ3n) is 1.99. The Morgan fingerprint density at radius 3 is 2.50 bits per heavy atom. The number of amides is 1. The van der Waals surface area contributed by atoms with Crippen molar-refractivity contribution in [2.75, 3.05) is 0 Å². The standard InChI is InChI=1S/C10H12N2O4/c1-5(13)7-3-8(12-4-7)10(15)16-6(2)9(11)14/h3-4,6,12H,1-2H3,(H2,11,14). The maximum absolute atomic E-state index is 11.4. The summed E-state index contributed by atoms with van der Waals surface area (Å²) in [6, 6.07) is 1.36. The Balaban J connectivity index is 2.73. The van der Waals surface area contributed by atoms with Crippen LogP contribution in [-0.4, -0.2) is 28.7 Å². The van der Waals surface area contributed by atoms with E-state index in [2.05, 4.69) is 4.98 Å². The van der Waals surface area contributed by atoms with Crippen molar-refractivity contribution < 1.29 is 19.1 Å². The van der Waals surface area contributed by atoms with Crippen molar-refractivity contribution in [2.45, 2.75) is 20.0 Å². The van der Waals surface area contributed by atoms with E-state index in [0.29, 0.717) is 5.56 Å². The zero-order valence-electron chi connectivity index (χ0n) is 8.94. The van der Waals surface area contributed by atoms with Gasteiger partial charge in [0.05, 0.1) is 0 Å². The first-order valence-electron chi connectivity index (χ1n) is 4.61. The minimum Gasteiger partial charge on any atom is -0.448 e. The molecule has 0 saturated heterocycles. The van der Waals surface area contributed by atoms with E-state index < -0.39 is 18.0 Å². The molecule has 0 aliphatic heterocycles. The summed E-state index contributed by atoms with van der Waals surface area (Å²) < 4.78 is 4.73. The van der Waals surface area contributed by atoms with Gasteiger partial charge in [0.15, 0.2) is 11.9 Å². The van der Waals surface area contributed by atoms with Crippen LogP contribution in [0.4, 0.5) is 0 Å². The van der Waals surface area contributed by atoms with Crippen LogP contribution >= 0.6 is 0 Å². The van der Waals surface area contributed by atoms with E-state index in [-0.39, 0.29) is 11.5 Å². The van der Waals surface area contributed by atoms with E-state index in [1.807, 2.05) is 0 Å². The lowest BCUT2D eigenvalue weighted by atomic mass is 10.2. The van der Waals surface area contributed by atoms with E-state index in [1.165, 1.54) is 26.1 Å². The highest BCUT2D eigenvalue weighted by Crippen LogP contribution is 2.07. The summed E-state index contributed by atoms with van der Waals surface area (Å²) in [5.74, 6) is -1.62. The molecule has 1 amide bonds. The van der Waals surface area contributed by atoms with Crippen LogP contribution < -0.4 is 5.73 Å². The number of nitrogens with two attached hydrogens (primary N) is 1. The molecule has 86 valence electrons. The van der Waals surface area contributed by atoms with Gasteiger partial charge in [-0.15, -0.1) is 0 Å². The molecule has 0 fully saturated rings. The van der Waals surface area contributed by atoms with Gasteiger partial charge in [-0.1, -0.05) is 0 Å². The Kier molecular flexibility index (Phi) is 3.44. The topological polar surface area (TPSA) is 102 Å². The predicted octanol–water partition coefficient (Wildman–Crippen LogP) is 0.248. The highest BCUT2D eigenvalue weighted by Gasteiger charge is 2.17. The van der Waals surface area contributed by atoms with Gasteiger partial charge in [-0.05, 0) is 19.9 Å². The normalized spacial score (nSPS) is 11.9. The van der Waals surface area contributed by atoms with Crippen LogP contribution in [0.3, 0.4) is 0 Å². The van der Waals surface area contributed by atoms with Crippen molar-refractivity contribution in [3.8, 4) is 0 Å². The number of H-pyrrole nitrogens is 1. The third-order valence-corrected chi connectivity index (χ3v) is 1.99. The lowest BCUT2D eigenvalue weighted by Gasteiger charge is -2.07. The first-order valence-corrected chi connectivity index (χ1v) is 4.61. The van der Waals surface area contributed by atoms with Crippen LogP contribution in [0, 0.1) is 0 Å². The molecule has 0 aromatic carbocycles. The molecule has 0 aliphatic rings. The number of hydrogen-bond donors (Lipinski definition) is 2. The fourth-order valence-electron chi connectivity index (χ4n) is 0.998. The highest BCUT2D eigenvalue weighted by atomic mass is 16.5. The van der Waals surface area contributed by atoms with Crippen LogP contribution in [0.15, 0.2) is 12.3 Å². The SMILES string of the molecule is CC(=O)c1c[nH]c(C(=O)OC(C)C(N)=O)c1. The molecule has 0 saturated carbocycles. The van der Waals surface area contributed by atoms with Crippen LogP contribution in [0.1, 0.15) is 34.7 Å². The van der Waals surface area contributed by atoms with Crippen molar-refractivity contribution in [2.24, 2.45) is 5.73 Å². The number of aromatic amines is 1. The van der Waals surface area contributed by atoms with Crippen molar-refractivity contribution in [3.05, 3.63) is 23.5 Å². The number of primary amides is 1. The minimum absolute atomic E-state index is 0.110. The molecule has 16 heavy (non-hydrogen) atoms. The quantitative estimate of drug-likeness (QED) is 0.565. The summed E-state index contributed by atoms with van der Waals surface area (Å²) in [5.41, 5.74) is 5.42. The fourth-order valence-corrected chi connectivity index (χ4v) is 0.998. The molecule has 1 atom stereocenters. The van der Waals surface area contributed by atoms with Crippen LogP contribution in [0.25, 0.3) is 0 Å². The Labute approximate surface area is 91.8 Å². The molecule has 1 aromatic heterocycles. The van der Waals surface area contributed by atoms with Crippen LogP contribution in [-0.2, 0) is 9.53 Å². The average molecular weight is 224 g/mol. The first kappa shape index (κ1) is 12.0. The lowest BCUT2D eigenvalue weighted by molar-refractivity contribution is -0.125. The predicted molar refractivity (Wildman–Crippen MR) is 54.9 cm³/mol. The van der Waals surface area contributed by atoms with E-state index in [0.717, 1.165) is 0 Å². The van der Waals surface area contributed by atoms with E-state index >= 15 is 0 Å². The monoisotopic (exact) mass is 224 g/mol. The molecular weight excluding hydrogens is 212 g/mol. The zero-order valence-corrected chi connectivity index (χ0v) is 8.94. The van der Waals surface area contributed by atoms with Gasteiger partial charge < -0.3 is 15.5 Å².